The zero-order valence-corrected chi connectivity index (χ0v) is 9.08. The lowest BCUT2D eigenvalue weighted by Crippen LogP contribution is -2.09. The van der Waals surface area contributed by atoms with E-state index in [9.17, 15) is 4.79 Å². The molecule has 0 aromatic carbocycles. The van der Waals surface area contributed by atoms with Crippen molar-refractivity contribution in [3.63, 3.8) is 0 Å². The molecule has 2 aromatic rings. The molecule has 0 saturated carbocycles. The van der Waals surface area contributed by atoms with Crippen LogP contribution in [-0.4, -0.2) is 20.7 Å². The first-order valence-corrected chi connectivity index (χ1v) is 4.84. The number of nitrogens with two attached hydrogens (primary N) is 1. The highest BCUT2D eigenvalue weighted by Crippen LogP contribution is 2.09. The van der Waals surface area contributed by atoms with Gasteiger partial charge in [0.1, 0.15) is 0 Å². The van der Waals surface area contributed by atoms with Gasteiger partial charge in [0.15, 0.2) is 5.82 Å². The van der Waals surface area contributed by atoms with Crippen LogP contribution in [0.1, 0.15) is 21.6 Å². The fraction of sp³-hybridized carbons (Fsp3) is 0.0909. The van der Waals surface area contributed by atoms with Crippen molar-refractivity contribution in [2.45, 2.75) is 6.92 Å². The summed E-state index contributed by atoms with van der Waals surface area (Å²) < 4.78 is 1.41. The molecule has 0 unspecified atom stereocenters. The van der Waals surface area contributed by atoms with Crippen LogP contribution >= 0.6 is 0 Å². The minimum atomic E-state index is -0.551. The van der Waals surface area contributed by atoms with Crippen LogP contribution in [0.15, 0.2) is 24.5 Å². The van der Waals surface area contributed by atoms with E-state index >= 15 is 0 Å². The van der Waals surface area contributed by atoms with Crippen molar-refractivity contribution in [1.82, 2.24) is 14.8 Å². The molecule has 2 rings (SSSR count). The van der Waals surface area contributed by atoms with Gasteiger partial charge in [0, 0.05) is 18.0 Å². The Balaban J connectivity index is 2.49. The third-order valence-corrected chi connectivity index (χ3v) is 2.17. The van der Waals surface area contributed by atoms with E-state index in [1.54, 1.807) is 19.1 Å². The SMILES string of the molecule is Cc1cc(C#N)cc(-n2cc(C(N)=O)cn2)n1. The molecule has 0 aliphatic rings. The molecule has 0 saturated heterocycles. The van der Waals surface area contributed by atoms with Gasteiger partial charge in [0.2, 0.25) is 0 Å². The zero-order chi connectivity index (χ0) is 12.4. The molecule has 84 valence electrons. The lowest BCUT2D eigenvalue weighted by atomic mass is 10.2. The van der Waals surface area contributed by atoms with Crippen LogP contribution in [0.3, 0.4) is 0 Å². The molecule has 17 heavy (non-hydrogen) atoms. The summed E-state index contributed by atoms with van der Waals surface area (Å²) in [5, 5.41) is 12.8. The van der Waals surface area contributed by atoms with Gasteiger partial charge in [0.25, 0.3) is 5.91 Å². The van der Waals surface area contributed by atoms with E-state index in [-0.39, 0.29) is 0 Å². The smallest absolute Gasteiger partial charge is 0.251 e. The molecular formula is C11H9N5O. The molecule has 0 aliphatic carbocycles. The minimum absolute atomic E-state index is 0.298. The average Bonchev–Trinajstić information content (AvgIpc) is 2.77. The summed E-state index contributed by atoms with van der Waals surface area (Å²) in [5.41, 5.74) is 6.62. The van der Waals surface area contributed by atoms with Gasteiger partial charge in [-0.1, -0.05) is 0 Å². The van der Waals surface area contributed by atoms with Crippen molar-refractivity contribution in [3.05, 3.63) is 41.3 Å². The van der Waals surface area contributed by atoms with E-state index in [2.05, 4.69) is 10.1 Å². The van der Waals surface area contributed by atoms with Crippen LogP contribution < -0.4 is 5.73 Å². The molecular weight excluding hydrogens is 218 g/mol. The highest BCUT2D eigenvalue weighted by atomic mass is 16.1. The first-order valence-electron chi connectivity index (χ1n) is 4.84. The highest BCUT2D eigenvalue weighted by molar-refractivity contribution is 5.92. The number of hydrogen-bond acceptors (Lipinski definition) is 4. The van der Waals surface area contributed by atoms with Crippen LogP contribution in [0.25, 0.3) is 5.82 Å². The number of pyridine rings is 1. The molecule has 2 N–H and O–H groups in total. The van der Waals surface area contributed by atoms with Crippen molar-refractivity contribution in [2.24, 2.45) is 5.73 Å². The minimum Gasteiger partial charge on any atom is -0.366 e. The van der Waals surface area contributed by atoms with Crippen LogP contribution in [0.5, 0.6) is 0 Å². The van der Waals surface area contributed by atoms with Gasteiger partial charge in [0.05, 0.1) is 23.4 Å². The van der Waals surface area contributed by atoms with Crippen molar-refractivity contribution in [1.29, 1.82) is 5.26 Å². The number of rotatable bonds is 2. The standard InChI is InChI=1S/C11H9N5O/c1-7-2-8(4-12)3-10(15-7)16-6-9(5-14-16)11(13)17/h2-3,5-6H,1H3,(H2,13,17). The fourth-order valence-electron chi connectivity index (χ4n) is 1.41. The summed E-state index contributed by atoms with van der Waals surface area (Å²) in [6, 6.07) is 5.29. The van der Waals surface area contributed by atoms with Crippen molar-refractivity contribution < 1.29 is 4.79 Å². The monoisotopic (exact) mass is 227 g/mol. The highest BCUT2D eigenvalue weighted by Gasteiger charge is 2.07. The van der Waals surface area contributed by atoms with E-state index in [1.165, 1.54) is 17.1 Å². The molecule has 0 bridgehead atoms. The van der Waals surface area contributed by atoms with E-state index in [1.807, 2.05) is 6.07 Å². The maximum Gasteiger partial charge on any atom is 0.251 e. The van der Waals surface area contributed by atoms with Gasteiger partial charge in [-0.15, -0.1) is 0 Å². The van der Waals surface area contributed by atoms with Gasteiger partial charge in [-0.3, -0.25) is 4.79 Å². The lowest BCUT2D eigenvalue weighted by molar-refractivity contribution is 0.100. The quantitative estimate of drug-likeness (QED) is 0.809. The van der Waals surface area contributed by atoms with Gasteiger partial charge >= 0.3 is 0 Å². The van der Waals surface area contributed by atoms with Crippen molar-refractivity contribution in [2.75, 3.05) is 0 Å². The summed E-state index contributed by atoms with van der Waals surface area (Å²) in [6.45, 7) is 1.78. The van der Waals surface area contributed by atoms with E-state index < -0.39 is 5.91 Å². The Morgan fingerprint density at radius 1 is 1.53 bits per heavy atom. The van der Waals surface area contributed by atoms with Gasteiger partial charge in [-0.05, 0) is 13.0 Å². The van der Waals surface area contributed by atoms with Crippen LogP contribution in [0.4, 0.5) is 0 Å². The van der Waals surface area contributed by atoms with Crippen LogP contribution in [0.2, 0.25) is 0 Å². The number of carbonyl (C=O) groups is 1. The molecule has 0 spiro atoms. The van der Waals surface area contributed by atoms with Gasteiger partial charge in [-0.2, -0.15) is 10.4 Å². The largest absolute Gasteiger partial charge is 0.366 e. The van der Waals surface area contributed by atoms with Crippen molar-refractivity contribution >= 4 is 5.91 Å². The van der Waals surface area contributed by atoms with Crippen LogP contribution in [-0.2, 0) is 0 Å². The topological polar surface area (TPSA) is 97.6 Å². The zero-order valence-electron chi connectivity index (χ0n) is 9.08. The molecule has 2 heterocycles. The lowest BCUT2D eigenvalue weighted by Gasteiger charge is -2.02. The number of nitrogens with zero attached hydrogens (tertiary/aromatic N) is 4. The Kier molecular flexibility index (Phi) is 2.58. The molecule has 6 nitrogen and oxygen atoms in total. The molecule has 0 radical (unpaired) electrons. The molecule has 2 aromatic heterocycles. The second kappa shape index (κ2) is 4.06. The summed E-state index contributed by atoms with van der Waals surface area (Å²) in [4.78, 5) is 15.2. The average molecular weight is 227 g/mol. The number of hydrogen-bond donors (Lipinski definition) is 1. The Morgan fingerprint density at radius 2 is 2.29 bits per heavy atom. The Labute approximate surface area is 97.3 Å². The second-order valence-corrected chi connectivity index (χ2v) is 3.51. The third-order valence-electron chi connectivity index (χ3n) is 2.17. The number of carbonyl (C=O) groups excluding carboxylic acids is 1. The first kappa shape index (κ1) is 10.8. The summed E-state index contributed by atoms with van der Waals surface area (Å²) >= 11 is 0. The summed E-state index contributed by atoms with van der Waals surface area (Å²) in [6.07, 6.45) is 2.84. The predicted molar refractivity (Wildman–Crippen MR) is 59.3 cm³/mol. The van der Waals surface area contributed by atoms with E-state index in [0.717, 1.165) is 0 Å². The van der Waals surface area contributed by atoms with Gasteiger partial charge < -0.3 is 5.73 Å². The third kappa shape index (κ3) is 2.13. The fourth-order valence-corrected chi connectivity index (χ4v) is 1.41. The maximum absolute atomic E-state index is 10.9. The predicted octanol–water partition coefficient (Wildman–Crippen LogP) is 0.546. The Morgan fingerprint density at radius 3 is 2.88 bits per heavy atom. The number of primary amides is 1. The van der Waals surface area contributed by atoms with Crippen LogP contribution in [0, 0.1) is 18.3 Å². The van der Waals surface area contributed by atoms with E-state index in [4.69, 9.17) is 11.0 Å². The first-order chi connectivity index (χ1) is 8.10. The van der Waals surface area contributed by atoms with Crippen molar-refractivity contribution in [3.8, 4) is 11.9 Å². The number of nitriles is 1. The molecule has 6 heteroatoms. The van der Waals surface area contributed by atoms with E-state index in [0.29, 0.717) is 22.6 Å². The summed E-state index contributed by atoms with van der Waals surface area (Å²) in [5.74, 6) is -0.0709. The molecule has 1 amide bonds. The molecule has 0 aliphatic heterocycles. The normalized spacial score (nSPS) is 9.88. The number of aryl methyl sites for hydroxylation is 1. The Hall–Kier alpha value is -2.68. The Bertz CT molecular complexity index is 623. The second-order valence-electron chi connectivity index (χ2n) is 3.51. The van der Waals surface area contributed by atoms with Gasteiger partial charge in [-0.25, -0.2) is 9.67 Å². The number of aromatic nitrogens is 3. The molecule has 0 atom stereocenters. The summed E-state index contributed by atoms with van der Waals surface area (Å²) in [7, 11) is 0. The molecule has 0 fully saturated rings. The number of amides is 1. The maximum atomic E-state index is 10.9.